The van der Waals surface area contributed by atoms with Gasteiger partial charge in [-0.3, -0.25) is 0 Å². The van der Waals surface area contributed by atoms with E-state index in [-0.39, 0.29) is 0 Å². The molecule has 0 aliphatic rings. The second-order valence-corrected chi connectivity index (χ2v) is 4.91. The normalized spacial score (nSPS) is 9.72. The average molecular weight is 418 g/mol. The number of ether oxygens (including phenoxy) is 1. The first kappa shape index (κ1) is 13.4. The molecule has 1 aromatic carbocycles. The number of methoxy groups -OCH3 is 1. The van der Waals surface area contributed by atoms with Crippen LogP contribution >= 0.6 is 38.5 Å². The highest BCUT2D eigenvalue weighted by molar-refractivity contribution is 14.1. The quantitative estimate of drug-likeness (QED) is 0.558. The summed E-state index contributed by atoms with van der Waals surface area (Å²) in [6, 6.07) is 7.87. The van der Waals surface area contributed by atoms with Crippen molar-refractivity contribution in [1.82, 2.24) is 5.16 Å². The average Bonchev–Trinajstić information content (AvgIpc) is 2.80. The molecule has 3 nitrogen and oxygen atoms in total. The zero-order valence-electron chi connectivity index (χ0n) is 9.54. The van der Waals surface area contributed by atoms with Crippen LogP contribution in [0.4, 0.5) is 0 Å². The summed E-state index contributed by atoms with van der Waals surface area (Å²) < 4.78 is 14.2. The van der Waals surface area contributed by atoms with Crippen LogP contribution in [-0.4, -0.2) is 12.3 Å². The minimum absolute atomic E-state index is 0.423. The summed E-state index contributed by atoms with van der Waals surface area (Å²) >= 11 is 5.41. The molecule has 0 fully saturated rings. The third-order valence-electron chi connectivity index (χ3n) is 2.39. The van der Waals surface area contributed by atoms with Gasteiger partial charge < -0.3 is 9.26 Å². The molecular weight excluding hydrogens is 409 g/mol. The van der Waals surface area contributed by atoms with Crippen molar-refractivity contribution in [3.63, 3.8) is 0 Å². The van der Waals surface area contributed by atoms with Gasteiger partial charge in [0.25, 0.3) is 0 Å². The Labute approximate surface area is 127 Å². The van der Waals surface area contributed by atoms with Crippen LogP contribution in [0.1, 0.15) is 5.56 Å². The summed E-state index contributed by atoms with van der Waals surface area (Å²) in [4.78, 5) is 0. The second-order valence-electron chi connectivity index (χ2n) is 3.46. The van der Waals surface area contributed by atoms with E-state index in [1.54, 1.807) is 7.11 Å². The predicted molar refractivity (Wildman–Crippen MR) is 81.7 cm³/mol. The molecule has 0 spiro atoms. The number of aromatic nitrogens is 1. The number of halogens is 2. The number of nitrogens with zero attached hydrogens (tertiary/aromatic N) is 1. The standard InChI is InChI=1S/C13H9BrINO2/c1-17-13-11(3-2-8-15)12(16-18-13)9-4-6-10(14)7-5-9/h4-7H,3H2,1H3. The molecule has 1 aromatic heterocycles. The van der Waals surface area contributed by atoms with Gasteiger partial charge in [-0.05, 0) is 16.1 Å². The molecule has 0 bridgehead atoms. The monoisotopic (exact) mass is 417 g/mol. The minimum Gasteiger partial charge on any atom is -0.467 e. The van der Waals surface area contributed by atoms with E-state index in [1.165, 1.54) is 0 Å². The van der Waals surface area contributed by atoms with Crippen LogP contribution in [0.3, 0.4) is 0 Å². The zero-order valence-corrected chi connectivity index (χ0v) is 13.3. The molecule has 0 unspecified atom stereocenters. The largest absolute Gasteiger partial charge is 0.467 e. The molecule has 18 heavy (non-hydrogen) atoms. The van der Waals surface area contributed by atoms with E-state index in [0.717, 1.165) is 21.3 Å². The Morgan fingerprint density at radius 2 is 2.11 bits per heavy atom. The lowest BCUT2D eigenvalue weighted by molar-refractivity contribution is 0.259. The van der Waals surface area contributed by atoms with Crippen LogP contribution in [0.2, 0.25) is 0 Å². The van der Waals surface area contributed by atoms with E-state index in [4.69, 9.17) is 9.26 Å². The molecule has 0 aliphatic heterocycles. The highest BCUT2D eigenvalue weighted by Gasteiger charge is 2.17. The van der Waals surface area contributed by atoms with Gasteiger partial charge in [0.1, 0.15) is 5.69 Å². The molecule has 1 heterocycles. The van der Waals surface area contributed by atoms with Gasteiger partial charge in [0.05, 0.1) is 12.7 Å². The fourth-order valence-corrected chi connectivity index (χ4v) is 2.02. The van der Waals surface area contributed by atoms with Gasteiger partial charge in [0, 0.05) is 39.0 Å². The zero-order chi connectivity index (χ0) is 13.0. The summed E-state index contributed by atoms with van der Waals surface area (Å²) in [7, 11) is 1.56. The number of hydrogen-bond donors (Lipinski definition) is 0. The Bertz CT molecular complexity index is 596. The van der Waals surface area contributed by atoms with Gasteiger partial charge in [0.15, 0.2) is 0 Å². The van der Waals surface area contributed by atoms with Gasteiger partial charge in [-0.2, -0.15) is 0 Å². The summed E-state index contributed by atoms with van der Waals surface area (Å²) in [5.74, 6) is 3.42. The first-order valence-electron chi connectivity index (χ1n) is 5.13. The van der Waals surface area contributed by atoms with Gasteiger partial charge in [0.2, 0.25) is 0 Å². The lowest BCUT2D eigenvalue weighted by Crippen LogP contribution is -1.89. The summed E-state index contributed by atoms with van der Waals surface area (Å²) in [6.45, 7) is 0. The molecule has 0 aliphatic carbocycles. The second kappa shape index (κ2) is 6.25. The molecule has 0 saturated carbocycles. The Morgan fingerprint density at radius 3 is 2.72 bits per heavy atom. The molecule has 0 saturated heterocycles. The van der Waals surface area contributed by atoms with Crippen LogP contribution in [0.15, 0.2) is 33.3 Å². The lowest BCUT2D eigenvalue weighted by Gasteiger charge is -2.00. The topological polar surface area (TPSA) is 35.3 Å². The first-order valence-corrected chi connectivity index (χ1v) is 7.00. The number of rotatable bonds is 3. The highest BCUT2D eigenvalue weighted by atomic mass is 127. The van der Waals surface area contributed by atoms with Crippen molar-refractivity contribution in [2.24, 2.45) is 0 Å². The maximum Gasteiger partial charge on any atom is 0.315 e. The van der Waals surface area contributed by atoms with Gasteiger partial charge in [-0.15, -0.1) is 0 Å². The summed E-state index contributed by atoms with van der Waals surface area (Å²) in [5.41, 5.74) is 2.64. The van der Waals surface area contributed by atoms with Crippen LogP contribution in [0.5, 0.6) is 5.95 Å². The summed E-state index contributed by atoms with van der Waals surface area (Å²) in [6.07, 6.45) is 0.557. The van der Waals surface area contributed by atoms with E-state index >= 15 is 0 Å². The molecule has 0 atom stereocenters. The van der Waals surface area contributed by atoms with Crippen molar-refractivity contribution >= 4 is 38.5 Å². The fourth-order valence-electron chi connectivity index (χ4n) is 1.57. The fraction of sp³-hybridized carbons (Fsp3) is 0.154. The van der Waals surface area contributed by atoms with Crippen molar-refractivity contribution in [1.29, 1.82) is 0 Å². The maximum atomic E-state index is 5.17. The molecule has 0 amide bonds. The molecular formula is C13H9BrINO2. The van der Waals surface area contributed by atoms with Crippen LogP contribution in [-0.2, 0) is 6.42 Å². The van der Waals surface area contributed by atoms with E-state index < -0.39 is 0 Å². The third-order valence-corrected chi connectivity index (χ3v) is 3.30. The van der Waals surface area contributed by atoms with Crippen molar-refractivity contribution in [3.8, 4) is 27.1 Å². The van der Waals surface area contributed by atoms with E-state index in [1.807, 2.05) is 46.9 Å². The van der Waals surface area contributed by atoms with Crippen molar-refractivity contribution in [2.45, 2.75) is 6.42 Å². The van der Waals surface area contributed by atoms with E-state index in [0.29, 0.717) is 12.4 Å². The number of hydrogen-bond acceptors (Lipinski definition) is 3. The van der Waals surface area contributed by atoms with Crippen LogP contribution < -0.4 is 4.74 Å². The van der Waals surface area contributed by atoms with Crippen molar-refractivity contribution in [2.75, 3.05) is 7.11 Å². The van der Waals surface area contributed by atoms with Gasteiger partial charge in [-0.25, -0.2) is 0 Å². The van der Waals surface area contributed by atoms with Crippen molar-refractivity contribution < 1.29 is 9.26 Å². The molecule has 92 valence electrons. The summed E-state index contributed by atoms with van der Waals surface area (Å²) in [5, 5.41) is 4.05. The Morgan fingerprint density at radius 1 is 1.39 bits per heavy atom. The van der Waals surface area contributed by atoms with Gasteiger partial charge >= 0.3 is 5.95 Å². The predicted octanol–water partition coefficient (Wildman–Crippen LogP) is 4.05. The first-order chi connectivity index (χ1) is 8.76. The van der Waals surface area contributed by atoms with Crippen LogP contribution in [0.25, 0.3) is 11.3 Å². The molecule has 0 radical (unpaired) electrons. The lowest BCUT2D eigenvalue weighted by atomic mass is 10.1. The number of benzene rings is 1. The highest BCUT2D eigenvalue weighted by Crippen LogP contribution is 2.31. The molecule has 0 N–H and O–H groups in total. The SMILES string of the molecule is COc1onc(-c2ccc(Br)cc2)c1CC#CI. The molecule has 5 heteroatoms. The minimum atomic E-state index is 0.423. The van der Waals surface area contributed by atoms with Gasteiger partial charge in [-0.1, -0.05) is 39.1 Å². The smallest absolute Gasteiger partial charge is 0.315 e. The Balaban J connectivity index is 2.45. The van der Waals surface area contributed by atoms with E-state index in [2.05, 4.69) is 30.9 Å². The Hall–Kier alpha value is -1.000. The van der Waals surface area contributed by atoms with E-state index in [9.17, 15) is 0 Å². The molecule has 2 aromatic rings. The van der Waals surface area contributed by atoms with Crippen LogP contribution in [0, 0.1) is 9.85 Å². The van der Waals surface area contributed by atoms with Crippen molar-refractivity contribution in [3.05, 3.63) is 34.3 Å². The third kappa shape index (κ3) is 2.87. The molecule has 2 rings (SSSR count). The Kier molecular flexibility index (Phi) is 4.66. The maximum absolute atomic E-state index is 5.17.